The van der Waals surface area contributed by atoms with Crippen molar-refractivity contribution in [3.05, 3.63) is 69.2 Å². The van der Waals surface area contributed by atoms with Crippen molar-refractivity contribution in [3.63, 3.8) is 0 Å². The van der Waals surface area contributed by atoms with Crippen molar-refractivity contribution in [2.45, 2.75) is 13.5 Å². The van der Waals surface area contributed by atoms with Crippen molar-refractivity contribution in [3.8, 4) is 0 Å². The first-order valence-corrected chi connectivity index (χ1v) is 8.99. The summed E-state index contributed by atoms with van der Waals surface area (Å²) in [5, 5.41) is 7.96. The predicted molar refractivity (Wildman–Crippen MR) is 101 cm³/mol. The van der Waals surface area contributed by atoms with Gasteiger partial charge >= 0.3 is 0 Å². The molecule has 0 aliphatic carbocycles. The fraction of sp³-hybridized carbons (Fsp3) is 0.316. The molecule has 24 heavy (non-hydrogen) atoms. The van der Waals surface area contributed by atoms with Crippen molar-refractivity contribution in [1.82, 2.24) is 5.01 Å². The minimum absolute atomic E-state index is 0.634. The van der Waals surface area contributed by atoms with Gasteiger partial charge in [-0.3, -0.25) is 5.01 Å². The Bertz CT molecular complexity index is 705. The Morgan fingerprint density at radius 1 is 1.08 bits per heavy atom. The van der Waals surface area contributed by atoms with Crippen LogP contribution in [-0.4, -0.2) is 37.4 Å². The zero-order valence-corrected chi connectivity index (χ0v) is 15.3. The van der Waals surface area contributed by atoms with Gasteiger partial charge in [0.05, 0.1) is 37.4 Å². The number of nitrogens with one attached hydrogen (secondary N) is 1. The number of benzene rings is 2. The van der Waals surface area contributed by atoms with Gasteiger partial charge in [-0.1, -0.05) is 59.1 Å². The molecule has 1 fully saturated rings. The summed E-state index contributed by atoms with van der Waals surface area (Å²) < 4.78 is 0. The summed E-state index contributed by atoms with van der Waals surface area (Å²) in [6, 6.07) is 14.3. The van der Waals surface area contributed by atoms with Crippen LogP contribution in [-0.2, 0) is 6.54 Å². The van der Waals surface area contributed by atoms with Crippen LogP contribution in [0.25, 0.3) is 0 Å². The normalized spacial score (nSPS) is 16.0. The summed E-state index contributed by atoms with van der Waals surface area (Å²) in [6.45, 7) is 7.33. The zero-order chi connectivity index (χ0) is 16.9. The molecule has 1 aliphatic rings. The lowest BCUT2D eigenvalue weighted by atomic mass is 10.1. The summed E-state index contributed by atoms with van der Waals surface area (Å²) in [6.07, 6.45) is 1.82. The highest BCUT2D eigenvalue weighted by Crippen LogP contribution is 2.19. The molecule has 0 bridgehead atoms. The van der Waals surface area contributed by atoms with Gasteiger partial charge in [0.2, 0.25) is 0 Å². The van der Waals surface area contributed by atoms with E-state index in [2.05, 4.69) is 41.3 Å². The van der Waals surface area contributed by atoms with Gasteiger partial charge in [-0.25, -0.2) is 0 Å². The molecular formula is C19H22Cl2N3+. The summed E-state index contributed by atoms with van der Waals surface area (Å²) in [5.41, 5.74) is 3.62. The molecule has 1 aliphatic heterocycles. The molecule has 3 rings (SSSR count). The average Bonchev–Trinajstić information content (AvgIpc) is 2.57. The minimum atomic E-state index is 0.634. The van der Waals surface area contributed by atoms with Gasteiger partial charge in [0, 0.05) is 16.1 Å². The molecule has 126 valence electrons. The molecular weight excluding hydrogens is 341 g/mol. The van der Waals surface area contributed by atoms with E-state index < -0.39 is 0 Å². The fourth-order valence-electron chi connectivity index (χ4n) is 2.85. The predicted octanol–water partition coefficient (Wildman–Crippen LogP) is 3.04. The second-order valence-electron chi connectivity index (χ2n) is 6.28. The third kappa shape index (κ3) is 4.73. The Morgan fingerprint density at radius 2 is 1.79 bits per heavy atom. The number of hydrogen-bond acceptors (Lipinski definition) is 2. The summed E-state index contributed by atoms with van der Waals surface area (Å²) in [5.74, 6) is 0. The van der Waals surface area contributed by atoms with E-state index in [9.17, 15) is 0 Å². The number of hydrazone groups is 1. The molecule has 0 spiro atoms. The van der Waals surface area contributed by atoms with Crippen molar-refractivity contribution in [1.29, 1.82) is 0 Å². The molecule has 0 unspecified atom stereocenters. The van der Waals surface area contributed by atoms with Crippen LogP contribution in [0, 0.1) is 6.92 Å². The molecule has 1 N–H and O–H groups in total. The van der Waals surface area contributed by atoms with Crippen LogP contribution in [0.1, 0.15) is 16.7 Å². The molecule has 2 aromatic rings. The van der Waals surface area contributed by atoms with Gasteiger partial charge in [0.15, 0.2) is 0 Å². The maximum Gasteiger partial charge on any atom is 0.103 e. The summed E-state index contributed by atoms with van der Waals surface area (Å²) in [4.78, 5) is 1.61. The lowest BCUT2D eigenvalue weighted by molar-refractivity contribution is -0.918. The monoisotopic (exact) mass is 362 g/mol. The van der Waals surface area contributed by atoms with E-state index >= 15 is 0 Å². The first-order valence-electron chi connectivity index (χ1n) is 8.23. The molecule has 0 aromatic heterocycles. The first kappa shape index (κ1) is 17.3. The Labute approximate surface area is 153 Å². The van der Waals surface area contributed by atoms with Crippen molar-refractivity contribution < 1.29 is 4.90 Å². The Hall–Kier alpha value is -1.55. The standard InChI is InChI=1S/C19H21Cl2N3/c1-15-2-4-16(5-3-15)14-23-8-10-24(11-9-23)22-13-17-6-7-18(20)12-19(17)21/h2-7,12-13H,8-11,14H2,1H3/p+1/b22-13-. The van der Waals surface area contributed by atoms with E-state index in [-0.39, 0.29) is 0 Å². The van der Waals surface area contributed by atoms with Crippen LogP contribution in [0.2, 0.25) is 10.0 Å². The number of halogens is 2. The Balaban J connectivity index is 1.51. The third-order valence-corrected chi connectivity index (χ3v) is 4.91. The van der Waals surface area contributed by atoms with Gasteiger partial charge < -0.3 is 4.90 Å². The molecule has 2 aromatic carbocycles. The van der Waals surface area contributed by atoms with Crippen molar-refractivity contribution in [2.75, 3.05) is 26.2 Å². The number of hydrogen-bond donors (Lipinski definition) is 1. The molecule has 0 atom stereocenters. The van der Waals surface area contributed by atoms with Gasteiger partial charge in [-0.15, -0.1) is 0 Å². The maximum absolute atomic E-state index is 6.17. The molecule has 1 heterocycles. The Morgan fingerprint density at radius 3 is 2.46 bits per heavy atom. The molecule has 3 nitrogen and oxygen atoms in total. The number of aryl methyl sites for hydroxylation is 1. The minimum Gasteiger partial charge on any atom is -0.328 e. The molecule has 0 saturated carbocycles. The largest absolute Gasteiger partial charge is 0.328 e. The Kier molecular flexibility index (Phi) is 5.77. The van der Waals surface area contributed by atoms with Crippen molar-refractivity contribution >= 4 is 29.4 Å². The first-order chi connectivity index (χ1) is 11.6. The maximum atomic E-state index is 6.17. The quantitative estimate of drug-likeness (QED) is 0.828. The highest BCUT2D eigenvalue weighted by atomic mass is 35.5. The second kappa shape index (κ2) is 8.02. The zero-order valence-electron chi connectivity index (χ0n) is 13.8. The van der Waals surface area contributed by atoms with Crippen molar-refractivity contribution in [2.24, 2.45) is 5.10 Å². The second-order valence-corrected chi connectivity index (χ2v) is 7.12. The number of quaternary nitrogens is 1. The molecule has 0 amide bonds. The fourth-order valence-corrected chi connectivity index (χ4v) is 3.31. The summed E-state index contributed by atoms with van der Waals surface area (Å²) >= 11 is 12.1. The van der Waals surface area contributed by atoms with Gasteiger partial charge in [0.25, 0.3) is 0 Å². The lowest BCUT2D eigenvalue weighted by Crippen LogP contribution is -3.13. The van der Waals surface area contributed by atoms with Crippen LogP contribution in [0.5, 0.6) is 0 Å². The molecule has 1 saturated heterocycles. The van der Waals surface area contributed by atoms with Gasteiger partial charge in [-0.05, 0) is 19.1 Å². The van der Waals surface area contributed by atoms with E-state index in [1.807, 2.05) is 18.3 Å². The van der Waals surface area contributed by atoms with Gasteiger partial charge in [0.1, 0.15) is 6.54 Å². The van der Waals surface area contributed by atoms with Crippen LogP contribution in [0.3, 0.4) is 0 Å². The summed E-state index contributed by atoms with van der Waals surface area (Å²) in [7, 11) is 0. The van der Waals surface area contributed by atoms with E-state index in [0.29, 0.717) is 10.0 Å². The van der Waals surface area contributed by atoms with Crippen LogP contribution < -0.4 is 4.90 Å². The number of piperazine rings is 1. The average molecular weight is 363 g/mol. The molecule has 5 heteroatoms. The van der Waals surface area contributed by atoms with E-state index in [0.717, 1.165) is 38.3 Å². The highest BCUT2D eigenvalue weighted by molar-refractivity contribution is 6.36. The molecule has 0 radical (unpaired) electrons. The smallest absolute Gasteiger partial charge is 0.103 e. The van der Waals surface area contributed by atoms with Crippen LogP contribution in [0.15, 0.2) is 47.6 Å². The topological polar surface area (TPSA) is 20.0 Å². The SMILES string of the molecule is Cc1ccc(C[NH+]2CCN(/N=C\c3ccc(Cl)cc3Cl)CC2)cc1. The van der Waals surface area contributed by atoms with Crippen LogP contribution in [0.4, 0.5) is 0 Å². The number of rotatable bonds is 4. The van der Waals surface area contributed by atoms with Crippen LogP contribution >= 0.6 is 23.2 Å². The van der Waals surface area contributed by atoms with E-state index in [1.54, 1.807) is 11.0 Å². The lowest BCUT2D eigenvalue weighted by Gasteiger charge is -2.30. The van der Waals surface area contributed by atoms with Gasteiger partial charge in [-0.2, -0.15) is 5.10 Å². The number of nitrogens with zero attached hydrogens (tertiary/aromatic N) is 2. The third-order valence-electron chi connectivity index (χ3n) is 4.34. The van der Waals surface area contributed by atoms with E-state index in [1.165, 1.54) is 11.1 Å². The highest BCUT2D eigenvalue weighted by Gasteiger charge is 2.18. The van der Waals surface area contributed by atoms with E-state index in [4.69, 9.17) is 23.2 Å².